The van der Waals surface area contributed by atoms with E-state index < -0.39 is 0 Å². The van der Waals surface area contributed by atoms with Crippen LogP contribution in [0.15, 0.2) is 18.2 Å². The molecular formula is C14H15FO3. The summed E-state index contributed by atoms with van der Waals surface area (Å²) in [4.78, 5) is 0. The van der Waals surface area contributed by atoms with E-state index in [1.165, 1.54) is 12.1 Å². The standard InChI is InChI=1S/C14H15FO3/c15-12-6-5-11(3-1-7-16)14(9-12)18-13-4-2-8-17-10-13/h5-6,9,13,16H,2,4,7-8,10H2. The van der Waals surface area contributed by atoms with Crippen molar-refractivity contribution in [2.24, 2.45) is 0 Å². The van der Waals surface area contributed by atoms with E-state index in [4.69, 9.17) is 14.6 Å². The molecule has 1 N–H and O–H groups in total. The van der Waals surface area contributed by atoms with Crippen molar-refractivity contribution in [1.29, 1.82) is 0 Å². The second-order valence-electron chi connectivity index (χ2n) is 4.06. The van der Waals surface area contributed by atoms with E-state index in [9.17, 15) is 4.39 Å². The molecule has 0 aliphatic carbocycles. The summed E-state index contributed by atoms with van der Waals surface area (Å²) in [5, 5.41) is 8.69. The highest BCUT2D eigenvalue weighted by Crippen LogP contribution is 2.22. The Balaban J connectivity index is 2.15. The average Bonchev–Trinajstić information content (AvgIpc) is 2.39. The Bertz CT molecular complexity index is 456. The summed E-state index contributed by atoms with van der Waals surface area (Å²) < 4.78 is 24.2. The molecule has 18 heavy (non-hydrogen) atoms. The van der Waals surface area contributed by atoms with Gasteiger partial charge in [0.15, 0.2) is 0 Å². The normalized spacial score (nSPS) is 18.9. The molecule has 1 saturated heterocycles. The summed E-state index contributed by atoms with van der Waals surface area (Å²) in [7, 11) is 0. The minimum atomic E-state index is -0.365. The highest BCUT2D eigenvalue weighted by molar-refractivity contribution is 5.46. The van der Waals surface area contributed by atoms with Gasteiger partial charge in [0.05, 0.1) is 12.2 Å². The van der Waals surface area contributed by atoms with E-state index in [2.05, 4.69) is 11.8 Å². The van der Waals surface area contributed by atoms with Crippen LogP contribution in [-0.2, 0) is 4.74 Å². The molecule has 1 aromatic carbocycles. The van der Waals surface area contributed by atoms with Gasteiger partial charge in [-0.1, -0.05) is 11.8 Å². The SMILES string of the molecule is OCC#Cc1ccc(F)cc1OC1CCCOC1. The zero-order valence-corrected chi connectivity index (χ0v) is 9.99. The van der Waals surface area contributed by atoms with E-state index in [1.807, 2.05) is 0 Å². The molecule has 3 nitrogen and oxygen atoms in total. The fourth-order valence-corrected chi connectivity index (χ4v) is 1.82. The van der Waals surface area contributed by atoms with Gasteiger partial charge in [-0.05, 0) is 25.0 Å². The second kappa shape index (κ2) is 6.39. The summed E-state index contributed by atoms with van der Waals surface area (Å²) in [6.07, 6.45) is 1.77. The van der Waals surface area contributed by atoms with E-state index in [-0.39, 0.29) is 18.5 Å². The van der Waals surface area contributed by atoms with E-state index in [1.54, 1.807) is 6.07 Å². The summed E-state index contributed by atoms with van der Waals surface area (Å²) in [5.41, 5.74) is 0.580. The quantitative estimate of drug-likeness (QED) is 0.812. The van der Waals surface area contributed by atoms with Crippen molar-refractivity contribution in [3.05, 3.63) is 29.6 Å². The summed E-state index contributed by atoms with van der Waals surface area (Å²) in [6.45, 7) is 1.03. The van der Waals surface area contributed by atoms with Crippen LogP contribution in [0.2, 0.25) is 0 Å². The Morgan fingerprint density at radius 1 is 1.50 bits per heavy atom. The number of hydrogen-bond donors (Lipinski definition) is 1. The van der Waals surface area contributed by atoms with Crippen molar-refractivity contribution in [2.45, 2.75) is 18.9 Å². The van der Waals surface area contributed by atoms with Gasteiger partial charge in [0.25, 0.3) is 0 Å². The van der Waals surface area contributed by atoms with Gasteiger partial charge in [-0.15, -0.1) is 0 Å². The number of aliphatic hydroxyl groups is 1. The maximum atomic E-state index is 13.2. The summed E-state index contributed by atoms with van der Waals surface area (Å²) >= 11 is 0. The van der Waals surface area contributed by atoms with Gasteiger partial charge in [-0.3, -0.25) is 0 Å². The van der Waals surface area contributed by atoms with Crippen LogP contribution in [0, 0.1) is 17.7 Å². The third-order valence-electron chi connectivity index (χ3n) is 2.66. The topological polar surface area (TPSA) is 38.7 Å². The molecule has 0 saturated carbocycles. The molecule has 0 amide bonds. The maximum absolute atomic E-state index is 13.2. The molecule has 2 rings (SSSR count). The average molecular weight is 250 g/mol. The Morgan fingerprint density at radius 2 is 2.39 bits per heavy atom. The molecule has 1 heterocycles. The molecule has 4 heteroatoms. The molecule has 0 bridgehead atoms. The van der Waals surface area contributed by atoms with Gasteiger partial charge in [0.2, 0.25) is 0 Å². The van der Waals surface area contributed by atoms with Crippen LogP contribution in [0.1, 0.15) is 18.4 Å². The first kappa shape index (κ1) is 12.9. The lowest BCUT2D eigenvalue weighted by Crippen LogP contribution is -2.28. The molecule has 1 aliphatic heterocycles. The van der Waals surface area contributed by atoms with Crippen molar-refractivity contribution >= 4 is 0 Å². The lowest BCUT2D eigenvalue weighted by atomic mass is 10.1. The number of hydrogen-bond acceptors (Lipinski definition) is 3. The van der Waals surface area contributed by atoms with Crippen LogP contribution in [0.4, 0.5) is 4.39 Å². The van der Waals surface area contributed by atoms with Crippen LogP contribution in [0.25, 0.3) is 0 Å². The van der Waals surface area contributed by atoms with Gasteiger partial charge in [0.1, 0.15) is 24.3 Å². The molecule has 1 fully saturated rings. The van der Waals surface area contributed by atoms with E-state index in [0.717, 1.165) is 19.4 Å². The van der Waals surface area contributed by atoms with Crippen LogP contribution >= 0.6 is 0 Å². The first-order valence-electron chi connectivity index (χ1n) is 5.93. The third-order valence-corrected chi connectivity index (χ3v) is 2.66. The summed E-state index contributed by atoms with van der Waals surface area (Å²) in [5.74, 6) is 5.32. The molecule has 1 atom stereocenters. The van der Waals surface area contributed by atoms with Crippen molar-refractivity contribution in [3.8, 4) is 17.6 Å². The Kier molecular flexibility index (Phi) is 4.57. The van der Waals surface area contributed by atoms with Gasteiger partial charge in [-0.25, -0.2) is 4.39 Å². The summed E-state index contributed by atoms with van der Waals surface area (Å²) in [6, 6.07) is 4.19. The number of rotatable bonds is 2. The van der Waals surface area contributed by atoms with Crippen molar-refractivity contribution in [3.63, 3.8) is 0 Å². The highest BCUT2D eigenvalue weighted by atomic mass is 19.1. The fourth-order valence-electron chi connectivity index (χ4n) is 1.82. The molecular weight excluding hydrogens is 235 g/mol. The smallest absolute Gasteiger partial charge is 0.138 e. The first-order chi connectivity index (χ1) is 8.79. The maximum Gasteiger partial charge on any atom is 0.138 e. The van der Waals surface area contributed by atoms with Crippen LogP contribution in [0.5, 0.6) is 5.75 Å². The van der Waals surface area contributed by atoms with Gasteiger partial charge in [0, 0.05) is 12.7 Å². The molecule has 0 radical (unpaired) electrons. The van der Waals surface area contributed by atoms with Crippen molar-refractivity contribution in [1.82, 2.24) is 0 Å². The molecule has 0 spiro atoms. The van der Waals surface area contributed by atoms with Gasteiger partial charge < -0.3 is 14.6 Å². The van der Waals surface area contributed by atoms with Crippen LogP contribution in [-0.4, -0.2) is 31.0 Å². The lowest BCUT2D eigenvalue weighted by Gasteiger charge is -2.23. The minimum absolute atomic E-state index is 0.0600. The number of aliphatic hydroxyl groups excluding tert-OH is 1. The van der Waals surface area contributed by atoms with Crippen molar-refractivity contribution < 1.29 is 19.0 Å². The number of halogens is 1. The monoisotopic (exact) mass is 250 g/mol. The van der Waals surface area contributed by atoms with E-state index >= 15 is 0 Å². The Morgan fingerprint density at radius 3 is 3.11 bits per heavy atom. The number of benzene rings is 1. The number of ether oxygens (including phenoxy) is 2. The molecule has 0 aromatic heterocycles. The molecule has 1 aromatic rings. The molecule has 1 unspecified atom stereocenters. The fraction of sp³-hybridized carbons (Fsp3) is 0.429. The first-order valence-corrected chi connectivity index (χ1v) is 5.93. The second-order valence-corrected chi connectivity index (χ2v) is 4.06. The highest BCUT2D eigenvalue weighted by Gasteiger charge is 2.17. The van der Waals surface area contributed by atoms with Crippen LogP contribution < -0.4 is 4.74 Å². The lowest BCUT2D eigenvalue weighted by molar-refractivity contribution is 0.00720. The third kappa shape index (κ3) is 3.46. The predicted molar refractivity (Wildman–Crippen MR) is 64.8 cm³/mol. The Labute approximate surface area is 106 Å². The van der Waals surface area contributed by atoms with Crippen LogP contribution in [0.3, 0.4) is 0 Å². The predicted octanol–water partition coefficient (Wildman–Crippen LogP) is 1.73. The molecule has 96 valence electrons. The van der Waals surface area contributed by atoms with Gasteiger partial charge in [-0.2, -0.15) is 0 Å². The Hall–Kier alpha value is -1.57. The van der Waals surface area contributed by atoms with E-state index in [0.29, 0.717) is 17.9 Å². The van der Waals surface area contributed by atoms with Crippen molar-refractivity contribution in [2.75, 3.05) is 19.8 Å². The largest absolute Gasteiger partial charge is 0.487 e. The van der Waals surface area contributed by atoms with Gasteiger partial charge >= 0.3 is 0 Å². The molecule has 1 aliphatic rings. The minimum Gasteiger partial charge on any atom is -0.487 e. The zero-order valence-electron chi connectivity index (χ0n) is 9.99. The zero-order chi connectivity index (χ0) is 12.8.